The molecule has 0 saturated heterocycles. The van der Waals surface area contributed by atoms with Gasteiger partial charge >= 0.3 is 6.36 Å². The molecule has 3 aromatic heterocycles. The third-order valence-corrected chi connectivity index (χ3v) is 6.51. The minimum absolute atomic E-state index is 0.0473. The molecule has 13 heteroatoms. The number of nitrogens with one attached hydrogen (secondary N) is 1. The van der Waals surface area contributed by atoms with Gasteiger partial charge in [0.15, 0.2) is 16.7 Å². The average Bonchev–Trinajstić information content (AvgIpc) is 3.38. The zero-order valence-corrected chi connectivity index (χ0v) is 18.1. The van der Waals surface area contributed by atoms with Gasteiger partial charge in [-0.1, -0.05) is 0 Å². The first kappa shape index (κ1) is 22.0. The molecule has 1 N–H and O–H groups in total. The lowest BCUT2D eigenvalue weighted by Gasteiger charge is -2.10. The summed E-state index contributed by atoms with van der Waals surface area (Å²) >= 11 is 2.41. The van der Waals surface area contributed by atoms with Crippen molar-refractivity contribution in [2.75, 3.05) is 5.32 Å². The highest BCUT2D eigenvalue weighted by atomic mass is 32.1. The summed E-state index contributed by atoms with van der Waals surface area (Å²) in [7, 11) is 3.39. The average molecular weight is 486 g/mol. The molecule has 3 heterocycles. The number of hydrogen-bond donors (Lipinski definition) is 1. The van der Waals surface area contributed by atoms with E-state index >= 15 is 0 Å². The fraction of sp³-hybridized carbons (Fsp3) is 0.211. The van der Waals surface area contributed by atoms with Crippen LogP contribution in [0.2, 0.25) is 0 Å². The van der Waals surface area contributed by atoms with Gasteiger partial charge < -0.3 is 10.1 Å². The normalized spacial score (nSPS) is 11.8. The number of carbonyl (C=O) groups excluding carboxylic acids is 1. The molecule has 0 aliphatic carbocycles. The molecule has 168 valence electrons. The van der Waals surface area contributed by atoms with Crippen molar-refractivity contribution in [2.45, 2.75) is 12.8 Å². The maximum Gasteiger partial charge on any atom is 0.573 e. The highest BCUT2D eigenvalue weighted by Gasteiger charge is 2.32. The predicted octanol–water partition coefficient (Wildman–Crippen LogP) is 4.28. The first-order valence-electron chi connectivity index (χ1n) is 8.96. The van der Waals surface area contributed by atoms with Crippen LogP contribution in [-0.2, 0) is 25.3 Å². The number of fused-ring (bicyclic) bond motifs is 1. The third-order valence-electron chi connectivity index (χ3n) is 4.65. The molecule has 1 aromatic carbocycles. The SMILES string of the molecule is Cn1c(=O)c2c(CC(=O)Nc3nc(-c4ccc(F)c(OC(F)(F)F)c4)cs3)csc2n1C. The summed E-state index contributed by atoms with van der Waals surface area (Å²) < 4.78 is 57.8. The Balaban J connectivity index is 1.50. The minimum atomic E-state index is -5.03. The quantitative estimate of drug-likeness (QED) is 0.427. The number of nitrogens with zero attached hydrogens (tertiary/aromatic N) is 3. The van der Waals surface area contributed by atoms with Gasteiger partial charge in [-0.15, -0.1) is 35.8 Å². The van der Waals surface area contributed by atoms with E-state index in [1.54, 1.807) is 24.2 Å². The molecule has 0 aliphatic rings. The third kappa shape index (κ3) is 4.25. The van der Waals surface area contributed by atoms with Crippen molar-refractivity contribution < 1.29 is 27.1 Å². The Morgan fingerprint density at radius 3 is 2.66 bits per heavy atom. The van der Waals surface area contributed by atoms with Gasteiger partial charge in [-0.3, -0.25) is 19.0 Å². The molecule has 1 amide bonds. The summed E-state index contributed by atoms with van der Waals surface area (Å²) in [5.41, 5.74) is 0.825. The Labute approximate surface area is 185 Å². The van der Waals surface area contributed by atoms with Crippen molar-refractivity contribution in [1.82, 2.24) is 14.3 Å². The number of carbonyl (C=O) groups is 1. The van der Waals surface area contributed by atoms with Gasteiger partial charge in [0.2, 0.25) is 5.91 Å². The van der Waals surface area contributed by atoms with E-state index in [1.165, 1.54) is 27.5 Å². The second kappa shape index (κ2) is 8.06. The first-order valence-corrected chi connectivity index (χ1v) is 10.7. The highest BCUT2D eigenvalue weighted by Crippen LogP contribution is 2.32. The van der Waals surface area contributed by atoms with Crippen molar-refractivity contribution in [2.24, 2.45) is 14.1 Å². The van der Waals surface area contributed by atoms with Gasteiger partial charge in [0.1, 0.15) is 4.83 Å². The molecule has 0 atom stereocenters. The fourth-order valence-electron chi connectivity index (χ4n) is 3.08. The molecular weight excluding hydrogens is 472 g/mol. The summed E-state index contributed by atoms with van der Waals surface area (Å²) in [6, 6.07) is 2.99. The zero-order chi connectivity index (χ0) is 23.2. The van der Waals surface area contributed by atoms with Crippen LogP contribution in [0, 0.1) is 5.82 Å². The van der Waals surface area contributed by atoms with Gasteiger partial charge in [-0.2, -0.15) is 0 Å². The molecule has 0 radical (unpaired) electrons. The lowest BCUT2D eigenvalue weighted by Crippen LogP contribution is -2.18. The number of rotatable bonds is 5. The number of anilines is 1. The van der Waals surface area contributed by atoms with Crippen molar-refractivity contribution in [3.8, 4) is 17.0 Å². The number of aromatic nitrogens is 3. The second-order valence-electron chi connectivity index (χ2n) is 6.75. The monoisotopic (exact) mass is 486 g/mol. The lowest BCUT2D eigenvalue weighted by molar-refractivity contribution is -0.275. The summed E-state index contributed by atoms with van der Waals surface area (Å²) in [5.74, 6) is -2.54. The topological polar surface area (TPSA) is 78.2 Å². The van der Waals surface area contributed by atoms with Crippen LogP contribution < -0.4 is 15.6 Å². The van der Waals surface area contributed by atoms with Crippen LogP contribution >= 0.6 is 22.7 Å². The van der Waals surface area contributed by atoms with E-state index in [0.29, 0.717) is 10.9 Å². The summed E-state index contributed by atoms with van der Waals surface area (Å²) in [4.78, 5) is 29.8. The van der Waals surface area contributed by atoms with E-state index < -0.39 is 23.8 Å². The number of thiophene rings is 1. The Kier molecular flexibility index (Phi) is 5.54. The molecule has 0 bridgehead atoms. The highest BCUT2D eigenvalue weighted by molar-refractivity contribution is 7.17. The van der Waals surface area contributed by atoms with E-state index in [2.05, 4.69) is 15.0 Å². The number of ether oxygens (including phenoxy) is 1. The maximum absolute atomic E-state index is 13.6. The van der Waals surface area contributed by atoms with Gasteiger partial charge in [-0.05, 0) is 29.1 Å². The molecule has 0 unspecified atom stereocenters. The molecule has 0 spiro atoms. The molecular formula is C19H14F4N4O3S2. The van der Waals surface area contributed by atoms with Crippen molar-refractivity contribution in [3.05, 3.63) is 50.7 Å². The fourth-order valence-corrected chi connectivity index (χ4v) is 4.88. The van der Waals surface area contributed by atoms with Gasteiger partial charge in [0.05, 0.1) is 17.5 Å². The van der Waals surface area contributed by atoms with Crippen LogP contribution in [-0.4, -0.2) is 26.6 Å². The molecule has 0 fully saturated rings. The van der Waals surface area contributed by atoms with Crippen molar-refractivity contribution >= 4 is 43.9 Å². The number of alkyl halides is 3. The standard InChI is InChI=1S/C19H14F4N4O3S2/c1-26-16(29)15-10(7-31-17(15)27(26)2)6-14(28)25-18-24-12(8-32-18)9-3-4-11(20)13(5-9)30-19(21,22)23/h3-5,7-8H,6H2,1-2H3,(H,24,25,28). The Morgan fingerprint density at radius 1 is 1.19 bits per heavy atom. The van der Waals surface area contributed by atoms with Crippen LogP contribution in [0.5, 0.6) is 5.75 Å². The van der Waals surface area contributed by atoms with E-state index in [0.717, 1.165) is 28.3 Å². The van der Waals surface area contributed by atoms with Crippen LogP contribution in [0.3, 0.4) is 0 Å². The molecule has 0 saturated carbocycles. The van der Waals surface area contributed by atoms with Gasteiger partial charge in [0, 0.05) is 25.0 Å². The Bertz CT molecular complexity index is 1380. The molecule has 4 rings (SSSR count). The summed E-state index contributed by atoms with van der Waals surface area (Å²) in [6.45, 7) is 0. The number of amides is 1. The molecule has 0 aliphatic heterocycles. The number of hydrogen-bond acceptors (Lipinski definition) is 6. The Hall–Kier alpha value is -3.19. The van der Waals surface area contributed by atoms with E-state index in [9.17, 15) is 27.2 Å². The van der Waals surface area contributed by atoms with Crippen molar-refractivity contribution in [1.29, 1.82) is 0 Å². The van der Waals surface area contributed by atoms with Gasteiger partial charge in [-0.25, -0.2) is 9.37 Å². The van der Waals surface area contributed by atoms with Crippen LogP contribution in [0.15, 0.2) is 33.8 Å². The van der Waals surface area contributed by atoms with Crippen LogP contribution in [0.1, 0.15) is 5.56 Å². The van der Waals surface area contributed by atoms with Crippen molar-refractivity contribution in [3.63, 3.8) is 0 Å². The summed E-state index contributed by atoms with van der Waals surface area (Å²) in [5, 5.41) is 6.56. The largest absolute Gasteiger partial charge is 0.573 e. The number of thiazole rings is 1. The van der Waals surface area contributed by atoms with Crippen LogP contribution in [0.4, 0.5) is 22.7 Å². The maximum atomic E-state index is 13.6. The predicted molar refractivity (Wildman–Crippen MR) is 113 cm³/mol. The summed E-state index contributed by atoms with van der Waals surface area (Å²) in [6.07, 6.45) is -5.08. The van der Waals surface area contributed by atoms with E-state index in [-0.39, 0.29) is 28.4 Å². The van der Waals surface area contributed by atoms with Crippen LogP contribution in [0.25, 0.3) is 21.5 Å². The van der Waals surface area contributed by atoms with E-state index in [1.807, 2.05) is 0 Å². The van der Waals surface area contributed by atoms with Gasteiger partial charge in [0.25, 0.3) is 5.56 Å². The number of aryl methyl sites for hydroxylation is 1. The molecule has 4 aromatic rings. The smallest absolute Gasteiger partial charge is 0.403 e. The first-order chi connectivity index (χ1) is 15.0. The molecule has 7 nitrogen and oxygen atoms in total. The molecule has 32 heavy (non-hydrogen) atoms. The number of benzene rings is 1. The minimum Gasteiger partial charge on any atom is -0.403 e. The zero-order valence-electron chi connectivity index (χ0n) is 16.5. The second-order valence-corrected chi connectivity index (χ2v) is 8.47. The van der Waals surface area contributed by atoms with E-state index in [4.69, 9.17) is 0 Å². The number of halogens is 4. The lowest BCUT2D eigenvalue weighted by atomic mass is 10.1. The Morgan fingerprint density at radius 2 is 1.94 bits per heavy atom.